The number of carbonyl (C=O) groups excluding carboxylic acids is 2. The van der Waals surface area contributed by atoms with Gasteiger partial charge in [0.1, 0.15) is 6.04 Å². The van der Waals surface area contributed by atoms with Gasteiger partial charge in [-0.15, -0.1) is 0 Å². The average molecular weight is 350 g/mol. The Hall–Kier alpha value is -3.15. The zero-order valence-corrected chi connectivity index (χ0v) is 14.9. The van der Waals surface area contributed by atoms with Crippen LogP contribution in [-0.4, -0.2) is 27.8 Å². The van der Waals surface area contributed by atoms with Crippen molar-refractivity contribution < 1.29 is 9.59 Å². The topological polar surface area (TPSA) is 86.9 Å². The summed E-state index contributed by atoms with van der Waals surface area (Å²) < 4.78 is 0. The van der Waals surface area contributed by atoms with Crippen molar-refractivity contribution in [1.29, 1.82) is 0 Å². The van der Waals surface area contributed by atoms with E-state index in [-0.39, 0.29) is 11.8 Å². The van der Waals surface area contributed by atoms with Gasteiger partial charge in [0.25, 0.3) is 5.91 Å². The van der Waals surface area contributed by atoms with Crippen molar-refractivity contribution in [2.24, 2.45) is 0 Å². The largest absolute Gasteiger partial charge is 0.340 e. The number of nitrogens with zero attached hydrogens (tertiary/aromatic N) is 1. The number of aryl methyl sites for hydroxylation is 1. The average Bonchev–Trinajstić information content (AvgIpc) is 3.04. The van der Waals surface area contributed by atoms with Crippen LogP contribution in [-0.2, 0) is 4.79 Å². The Labute approximate surface area is 152 Å². The number of hydrogen-bond acceptors (Lipinski definition) is 3. The summed E-state index contributed by atoms with van der Waals surface area (Å²) in [4.78, 5) is 32.4. The lowest BCUT2D eigenvalue weighted by Gasteiger charge is -2.17. The van der Waals surface area contributed by atoms with Crippen LogP contribution in [0.3, 0.4) is 0 Å². The van der Waals surface area contributed by atoms with Gasteiger partial charge in [-0.2, -0.15) is 0 Å². The highest BCUT2D eigenvalue weighted by Gasteiger charge is 2.21. The number of aromatic amines is 1. The van der Waals surface area contributed by atoms with Crippen molar-refractivity contribution in [2.75, 3.05) is 5.32 Å². The first-order valence-electron chi connectivity index (χ1n) is 8.70. The third-order valence-corrected chi connectivity index (χ3v) is 4.14. The van der Waals surface area contributed by atoms with Crippen LogP contribution < -0.4 is 10.6 Å². The minimum atomic E-state index is -0.623. The Morgan fingerprint density at radius 3 is 2.54 bits per heavy atom. The van der Waals surface area contributed by atoms with Crippen LogP contribution in [0.25, 0.3) is 11.0 Å². The molecule has 1 atom stereocenters. The molecule has 1 aromatic heterocycles. The van der Waals surface area contributed by atoms with E-state index < -0.39 is 6.04 Å². The van der Waals surface area contributed by atoms with Gasteiger partial charge in [0, 0.05) is 5.56 Å². The number of nitrogens with one attached hydrogen (secondary N) is 3. The normalized spacial score (nSPS) is 11.9. The van der Waals surface area contributed by atoms with Crippen LogP contribution in [0, 0.1) is 6.92 Å². The molecule has 2 aromatic carbocycles. The molecule has 0 saturated heterocycles. The van der Waals surface area contributed by atoms with E-state index >= 15 is 0 Å². The molecule has 2 amide bonds. The molecular formula is C20H22N4O2. The highest BCUT2D eigenvalue weighted by molar-refractivity contribution is 6.01. The predicted molar refractivity (Wildman–Crippen MR) is 102 cm³/mol. The first-order chi connectivity index (χ1) is 12.6. The van der Waals surface area contributed by atoms with E-state index in [0.717, 1.165) is 23.0 Å². The molecule has 6 heteroatoms. The zero-order valence-electron chi connectivity index (χ0n) is 14.9. The van der Waals surface area contributed by atoms with E-state index in [1.54, 1.807) is 12.1 Å². The smallest absolute Gasteiger partial charge is 0.251 e. The number of amides is 2. The molecule has 134 valence electrons. The van der Waals surface area contributed by atoms with E-state index in [9.17, 15) is 9.59 Å². The van der Waals surface area contributed by atoms with Gasteiger partial charge in [0.2, 0.25) is 11.9 Å². The van der Waals surface area contributed by atoms with Gasteiger partial charge in [0.15, 0.2) is 0 Å². The number of fused-ring (bicyclic) bond motifs is 1. The third kappa shape index (κ3) is 4.08. The van der Waals surface area contributed by atoms with Crippen LogP contribution >= 0.6 is 0 Å². The lowest BCUT2D eigenvalue weighted by atomic mass is 10.1. The number of H-pyrrole nitrogens is 1. The SMILES string of the molecule is CCC[C@@H](NC(=O)c1ccc(C)cc1)C(=O)Nc1nc2ccccc2[nH]1. The second-order valence-electron chi connectivity index (χ2n) is 6.27. The number of aromatic nitrogens is 2. The predicted octanol–water partition coefficient (Wildman–Crippen LogP) is 3.41. The summed E-state index contributed by atoms with van der Waals surface area (Å²) in [6.07, 6.45) is 1.32. The summed E-state index contributed by atoms with van der Waals surface area (Å²) in [6, 6.07) is 14.2. The minimum Gasteiger partial charge on any atom is -0.340 e. The summed E-state index contributed by atoms with van der Waals surface area (Å²) in [5.41, 5.74) is 3.24. The van der Waals surface area contributed by atoms with E-state index in [2.05, 4.69) is 20.6 Å². The molecular weight excluding hydrogens is 328 g/mol. The van der Waals surface area contributed by atoms with Crippen LogP contribution in [0.1, 0.15) is 35.7 Å². The van der Waals surface area contributed by atoms with Gasteiger partial charge in [-0.05, 0) is 37.6 Å². The van der Waals surface area contributed by atoms with Gasteiger partial charge < -0.3 is 10.3 Å². The minimum absolute atomic E-state index is 0.261. The van der Waals surface area contributed by atoms with Crippen molar-refractivity contribution in [1.82, 2.24) is 15.3 Å². The molecule has 0 spiro atoms. The van der Waals surface area contributed by atoms with Gasteiger partial charge in [-0.1, -0.05) is 43.2 Å². The number of hydrogen-bond donors (Lipinski definition) is 3. The van der Waals surface area contributed by atoms with Crippen molar-refractivity contribution in [3.63, 3.8) is 0 Å². The van der Waals surface area contributed by atoms with Crippen molar-refractivity contribution in [3.05, 3.63) is 59.7 Å². The molecule has 0 unspecified atom stereocenters. The number of para-hydroxylation sites is 2. The van der Waals surface area contributed by atoms with Gasteiger partial charge in [-0.25, -0.2) is 4.98 Å². The number of imidazole rings is 1. The van der Waals surface area contributed by atoms with E-state index in [4.69, 9.17) is 0 Å². The lowest BCUT2D eigenvalue weighted by molar-refractivity contribution is -0.118. The Bertz CT molecular complexity index is 882. The first-order valence-corrected chi connectivity index (χ1v) is 8.70. The van der Waals surface area contributed by atoms with Gasteiger partial charge >= 0.3 is 0 Å². The molecule has 0 aliphatic heterocycles. The fourth-order valence-corrected chi connectivity index (χ4v) is 2.72. The molecule has 3 aromatic rings. The molecule has 0 aliphatic rings. The second kappa shape index (κ2) is 7.82. The van der Waals surface area contributed by atoms with Gasteiger partial charge in [0.05, 0.1) is 11.0 Å². The number of benzene rings is 2. The number of rotatable bonds is 6. The maximum Gasteiger partial charge on any atom is 0.251 e. The zero-order chi connectivity index (χ0) is 18.5. The maximum atomic E-state index is 12.6. The summed E-state index contributed by atoms with van der Waals surface area (Å²) in [5, 5.41) is 5.58. The molecule has 3 rings (SSSR count). The van der Waals surface area contributed by atoms with Crippen LogP contribution in [0.5, 0.6) is 0 Å². The van der Waals surface area contributed by atoms with Crippen molar-refractivity contribution in [3.8, 4) is 0 Å². The summed E-state index contributed by atoms with van der Waals surface area (Å²) in [5.74, 6) is -0.170. The van der Waals surface area contributed by atoms with E-state index in [0.29, 0.717) is 17.9 Å². The van der Waals surface area contributed by atoms with E-state index in [1.165, 1.54) is 0 Å². The molecule has 0 fully saturated rings. The molecule has 1 heterocycles. The fraction of sp³-hybridized carbons (Fsp3) is 0.250. The standard InChI is InChI=1S/C20H22N4O2/c1-3-6-17(21-18(25)14-11-9-13(2)10-12-14)19(26)24-20-22-15-7-4-5-8-16(15)23-20/h4-5,7-12,17H,3,6H2,1-2H3,(H,21,25)(H2,22,23,24,26)/t17-/m1/s1. The first kappa shape index (κ1) is 17.7. The Balaban J connectivity index is 1.70. The molecule has 0 aliphatic carbocycles. The number of carbonyl (C=O) groups is 2. The molecule has 3 N–H and O–H groups in total. The summed E-state index contributed by atoms with van der Waals surface area (Å²) in [7, 11) is 0. The van der Waals surface area contributed by atoms with Crippen LogP contribution in [0.15, 0.2) is 48.5 Å². The van der Waals surface area contributed by atoms with Gasteiger partial charge in [-0.3, -0.25) is 14.9 Å². The molecule has 6 nitrogen and oxygen atoms in total. The summed E-state index contributed by atoms with van der Waals surface area (Å²) in [6.45, 7) is 3.93. The van der Waals surface area contributed by atoms with Crippen LogP contribution in [0.4, 0.5) is 5.95 Å². The second-order valence-corrected chi connectivity index (χ2v) is 6.27. The summed E-state index contributed by atoms with van der Waals surface area (Å²) >= 11 is 0. The molecule has 0 bridgehead atoms. The van der Waals surface area contributed by atoms with Crippen LogP contribution in [0.2, 0.25) is 0 Å². The lowest BCUT2D eigenvalue weighted by Crippen LogP contribution is -2.43. The van der Waals surface area contributed by atoms with Crippen molar-refractivity contribution in [2.45, 2.75) is 32.7 Å². The Morgan fingerprint density at radius 1 is 1.12 bits per heavy atom. The third-order valence-electron chi connectivity index (χ3n) is 4.14. The maximum absolute atomic E-state index is 12.6. The Kier molecular flexibility index (Phi) is 5.31. The monoisotopic (exact) mass is 350 g/mol. The van der Waals surface area contributed by atoms with E-state index in [1.807, 2.05) is 50.2 Å². The highest BCUT2D eigenvalue weighted by Crippen LogP contribution is 2.14. The highest BCUT2D eigenvalue weighted by atomic mass is 16.2. The Morgan fingerprint density at radius 2 is 1.85 bits per heavy atom. The number of anilines is 1. The molecule has 26 heavy (non-hydrogen) atoms. The molecule has 0 radical (unpaired) electrons. The fourth-order valence-electron chi connectivity index (χ4n) is 2.72. The quantitative estimate of drug-likeness (QED) is 0.637. The molecule has 0 saturated carbocycles. The van der Waals surface area contributed by atoms with Crippen molar-refractivity contribution >= 4 is 28.8 Å².